The molecular formula is C21H26N4OS2. The molecule has 0 fully saturated rings. The highest BCUT2D eigenvalue weighted by molar-refractivity contribution is 7.14. The van der Waals surface area contributed by atoms with E-state index in [1.807, 2.05) is 24.3 Å². The number of aryl methyl sites for hydroxylation is 2. The number of nitrogens with zero attached hydrogens (tertiary/aromatic N) is 2. The van der Waals surface area contributed by atoms with Crippen LogP contribution in [0.4, 0.5) is 22.2 Å². The summed E-state index contributed by atoms with van der Waals surface area (Å²) in [5.74, 6) is -0.196. The van der Waals surface area contributed by atoms with Crippen LogP contribution in [0.1, 0.15) is 39.7 Å². The number of hydrogen-bond acceptors (Lipinski definition) is 6. The summed E-state index contributed by atoms with van der Waals surface area (Å²) < 4.78 is 0. The molecule has 5 nitrogen and oxygen atoms in total. The maximum atomic E-state index is 12.8. The highest BCUT2D eigenvalue weighted by atomic mass is 32.1. The lowest BCUT2D eigenvalue weighted by Gasteiger charge is -2.24. The second-order valence-corrected chi connectivity index (χ2v) is 8.81. The van der Waals surface area contributed by atoms with E-state index < -0.39 is 0 Å². The Morgan fingerprint density at radius 3 is 2.46 bits per heavy atom. The Kier molecular flexibility index (Phi) is 6.36. The minimum Gasteiger partial charge on any atom is -0.370 e. The van der Waals surface area contributed by atoms with E-state index >= 15 is 0 Å². The molecule has 0 radical (unpaired) electrons. The Balaban J connectivity index is 1.77. The number of anilines is 4. The van der Waals surface area contributed by atoms with Gasteiger partial charge in [0.1, 0.15) is 5.69 Å². The third-order valence-electron chi connectivity index (χ3n) is 4.79. The monoisotopic (exact) mass is 414 g/mol. The molecule has 7 heteroatoms. The molecule has 0 atom stereocenters. The van der Waals surface area contributed by atoms with E-state index in [-0.39, 0.29) is 5.91 Å². The molecule has 0 aliphatic carbocycles. The van der Waals surface area contributed by atoms with Crippen molar-refractivity contribution >= 4 is 50.8 Å². The van der Waals surface area contributed by atoms with Crippen molar-refractivity contribution in [1.82, 2.24) is 4.98 Å². The number of nitrogens with one attached hydrogen (secondary N) is 2. The molecule has 1 amide bonds. The van der Waals surface area contributed by atoms with Crippen molar-refractivity contribution < 1.29 is 4.79 Å². The number of hydrogen-bond donors (Lipinski definition) is 2. The van der Waals surface area contributed by atoms with Crippen molar-refractivity contribution in [3.8, 4) is 0 Å². The summed E-state index contributed by atoms with van der Waals surface area (Å²) in [7, 11) is 0. The summed E-state index contributed by atoms with van der Waals surface area (Å²) in [6.45, 7) is 12.3. The van der Waals surface area contributed by atoms with Crippen LogP contribution in [0, 0.1) is 20.8 Å². The van der Waals surface area contributed by atoms with Gasteiger partial charge in [0.05, 0.1) is 17.1 Å². The van der Waals surface area contributed by atoms with Gasteiger partial charge in [0.15, 0.2) is 5.13 Å². The lowest BCUT2D eigenvalue weighted by atomic mass is 10.2. The SMILES string of the molecule is CCN(CC)c1ccccc1NC(=O)c1csc(Nc2c(C)sc(C)c2C)n1. The van der Waals surface area contributed by atoms with Gasteiger partial charge in [0, 0.05) is 28.2 Å². The van der Waals surface area contributed by atoms with E-state index in [2.05, 4.69) is 55.1 Å². The second kappa shape index (κ2) is 8.75. The molecule has 0 aliphatic rings. The van der Waals surface area contributed by atoms with Gasteiger partial charge in [-0.25, -0.2) is 4.98 Å². The molecule has 0 unspecified atom stereocenters. The molecule has 0 saturated heterocycles. The van der Waals surface area contributed by atoms with E-state index in [0.717, 1.165) is 35.3 Å². The molecule has 28 heavy (non-hydrogen) atoms. The quantitative estimate of drug-likeness (QED) is 0.500. The predicted molar refractivity (Wildman–Crippen MR) is 122 cm³/mol. The molecule has 3 rings (SSSR count). The van der Waals surface area contributed by atoms with Gasteiger partial charge in [0.25, 0.3) is 5.91 Å². The van der Waals surface area contributed by atoms with Gasteiger partial charge in [0.2, 0.25) is 0 Å². The molecule has 3 aromatic rings. The Bertz CT molecular complexity index is 973. The van der Waals surface area contributed by atoms with Crippen molar-refractivity contribution in [1.29, 1.82) is 0 Å². The zero-order chi connectivity index (χ0) is 20.3. The van der Waals surface area contributed by atoms with Crippen LogP contribution in [-0.4, -0.2) is 24.0 Å². The molecule has 0 spiro atoms. The standard InChI is InChI=1S/C21H26N4OS2/c1-6-25(7-2)18-11-9-8-10-16(18)22-20(26)17-12-27-21(23-17)24-19-13(3)14(4)28-15(19)5/h8-12H,6-7H2,1-5H3,(H,22,26)(H,23,24). The lowest BCUT2D eigenvalue weighted by molar-refractivity contribution is 0.102. The predicted octanol–water partition coefficient (Wildman–Crippen LogP) is 5.97. The molecular weight excluding hydrogens is 388 g/mol. The fraction of sp³-hybridized carbons (Fsp3) is 0.333. The normalized spacial score (nSPS) is 10.8. The summed E-state index contributed by atoms with van der Waals surface area (Å²) >= 11 is 3.21. The number of amides is 1. The molecule has 0 saturated carbocycles. The molecule has 0 bridgehead atoms. The largest absolute Gasteiger partial charge is 0.370 e. The third-order valence-corrected chi connectivity index (χ3v) is 6.67. The minimum atomic E-state index is -0.196. The average molecular weight is 415 g/mol. The Labute approximate surface area is 174 Å². The van der Waals surface area contributed by atoms with Crippen molar-refractivity contribution in [3.63, 3.8) is 0 Å². The Morgan fingerprint density at radius 1 is 1.11 bits per heavy atom. The van der Waals surface area contributed by atoms with Crippen LogP contribution in [-0.2, 0) is 0 Å². The van der Waals surface area contributed by atoms with Gasteiger partial charge < -0.3 is 15.5 Å². The van der Waals surface area contributed by atoms with Crippen LogP contribution in [0.15, 0.2) is 29.6 Å². The number of benzene rings is 1. The van der Waals surface area contributed by atoms with E-state index in [0.29, 0.717) is 5.69 Å². The van der Waals surface area contributed by atoms with E-state index in [9.17, 15) is 4.79 Å². The molecule has 148 valence electrons. The topological polar surface area (TPSA) is 57.3 Å². The highest BCUT2D eigenvalue weighted by Crippen LogP contribution is 2.34. The van der Waals surface area contributed by atoms with Gasteiger partial charge in [-0.1, -0.05) is 12.1 Å². The van der Waals surface area contributed by atoms with E-state index in [1.54, 1.807) is 16.7 Å². The first-order chi connectivity index (χ1) is 13.4. The van der Waals surface area contributed by atoms with Gasteiger partial charge in [-0.3, -0.25) is 4.79 Å². The van der Waals surface area contributed by atoms with Crippen LogP contribution in [0.25, 0.3) is 0 Å². The average Bonchev–Trinajstić information content (AvgIpc) is 3.25. The molecule has 2 heterocycles. The first kappa shape index (κ1) is 20.4. The van der Waals surface area contributed by atoms with Gasteiger partial charge in [-0.15, -0.1) is 22.7 Å². The van der Waals surface area contributed by atoms with Crippen LogP contribution in [0.2, 0.25) is 0 Å². The molecule has 1 aromatic carbocycles. The number of thiophene rings is 1. The number of thiazole rings is 1. The summed E-state index contributed by atoms with van der Waals surface area (Å²) in [5.41, 5.74) is 4.57. The summed E-state index contributed by atoms with van der Waals surface area (Å²) in [4.78, 5) is 22.0. The smallest absolute Gasteiger partial charge is 0.275 e. The number of rotatable bonds is 7. The molecule has 2 N–H and O–H groups in total. The Morgan fingerprint density at radius 2 is 1.82 bits per heavy atom. The number of carbonyl (C=O) groups is 1. The third kappa shape index (κ3) is 4.20. The van der Waals surface area contributed by atoms with Crippen molar-refractivity contribution in [2.24, 2.45) is 0 Å². The molecule has 2 aromatic heterocycles. The van der Waals surface area contributed by atoms with E-state index in [4.69, 9.17) is 0 Å². The van der Waals surface area contributed by atoms with Crippen molar-refractivity contribution in [3.05, 3.63) is 50.7 Å². The van der Waals surface area contributed by atoms with Crippen molar-refractivity contribution in [2.45, 2.75) is 34.6 Å². The first-order valence-corrected chi connectivity index (χ1v) is 11.1. The zero-order valence-electron chi connectivity index (χ0n) is 16.9. The maximum Gasteiger partial charge on any atom is 0.275 e. The second-order valence-electron chi connectivity index (χ2n) is 6.52. The van der Waals surface area contributed by atoms with Crippen LogP contribution >= 0.6 is 22.7 Å². The minimum absolute atomic E-state index is 0.196. The van der Waals surface area contributed by atoms with Crippen molar-refractivity contribution in [2.75, 3.05) is 28.6 Å². The van der Waals surface area contributed by atoms with Crippen LogP contribution in [0.5, 0.6) is 0 Å². The fourth-order valence-electron chi connectivity index (χ4n) is 3.13. The maximum absolute atomic E-state index is 12.8. The van der Waals surface area contributed by atoms with Gasteiger partial charge >= 0.3 is 0 Å². The number of para-hydroxylation sites is 2. The molecule has 0 aliphatic heterocycles. The van der Waals surface area contributed by atoms with Gasteiger partial charge in [-0.2, -0.15) is 0 Å². The highest BCUT2D eigenvalue weighted by Gasteiger charge is 2.16. The Hall–Kier alpha value is -2.38. The van der Waals surface area contributed by atoms with Crippen LogP contribution < -0.4 is 15.5 Å². The summed E-state index contributed by atoms with van der Waals surface area (Å²) in [6.07, 6.45) is 0. The number of carbonyl (C=O) groups excluding carboxylic acids is 1. The fourth-order valence-corrected chi connectivity index (χ4v) is 4.84. The zero-order valence-corrected chi connectivity index (χ0v) is 18.6. The lowest BCUT2D eigenvalue weighted by Crippen LogP contribution is -2.24. The first-order valence-electron chi connectivity index (χ1n) is 9.39. The van der Waals surface area contributed by atoms with Gasteiger partial charge in [-0.05, 0) is 52.3 Å². The summed E-state index contributed by atoms with van der Waals surface area (Å²) in [5, 5.41) is 8.92. The summed E-state index contributed by atoms with van der Waals surface area (Å²) in [6, 6.07) is 7.88. The number of aromatic nitrogens is 1. The van der Waals surface area contributed by atoms with E-state index in [1.165, 1.54) is 26.7 Å². The van der Waals surface area contributed by atoms with Crippen LogP contribution in [0.3, 0.4) is 0 Å².